The average molecular weight is 335 g/mol. The molecule has 4 rings (SSSR count). The molecule has 0 spiro atoms. The Kier molecular flexibility index (Phi) is 3.71. The number of imidazole rings is 1. The summed E-state index contributed by atoms with van der Waals surface area (Å²) in [4.78, 5) is 4.82. The van der Waals surface area contributed by atoms with E-state index in [2.05, 4.69) is 10.6 Å². The van der Waals surface area contributed by atoms with E-state index in [0.717, 1.165) is 33.9 Å². The molecule has 3 nitrogen and oxygen atoms in total. The Morgan fingerprint density at radius 1 is 0.917 bits per heavy atom. The van der Waals surface area contributed by atoms with Crippen LogP contribution in [0.2, 0.25) is 5.02 Å². The molecule has 0 N–H and O–H groups in total. The first-order valence-corrected chi connectivity index (χ1v) is 8.02. The highest BCUT2D eigenvalue weighted by molar-refractivity contribution is 6.30. The van der Waals surface area contributed by atoms with E-state index < -0.39 is 0 Å². The van der Waals surface area contributed by atoms with Gasteiger partial charge in [-0.1, -0.05) is 29.8 Å². The SMILES string of the molecule is COc1ccc(-c2nc3ccccc3n2-c2cccc(Cl)c2)cc1. The molecule has 118 valence electrons. The number of fused-ring (bicyclic) bond motifs is 1. The number of methoxy groups -OCH3 is 1. The second-order valence-corrected chi connectivity index (χ2v) is 5.90. The van der Waals surface area contributed by atoms with Gasteiger partial charge in [-0.3, -0.25) is 4.57 Å². The zero-order chi connectivity index (χ0) is 16.5. The number of halogens is 1. The van der Waals surface area contributed by atoms with Gasteiger partial charge in [-0.25, -0.2) is 4.98 Å². The highest BCUT2D eigenvalue weighted by atomic mass is 35.5. The molecule has 0 aliphatic heterocycles. The number of aromatic nitrogens is 2. The summed E-state index contributed by atoms with van der Waals surface area (Å²) in [6.07, 6.45) is 0. The Hall–Kier alpha value is -2.78. The lowest BCUT2D eigenvalue weighted by molar-refractivity contribution is 0.415. The van der Waals surface area contributed by atoms with Gasteiger partial charge >= 0.3 is 0 Å². The topological polar surface area (TPSA) is 27.1 Å². The van der Waals surface area contributed by atoms with Crippen LogP contribution in [0.5, 0.6) is 5.75 Å². The van der Waals surface area contributed by atoms with Gasteiger partial charge in [0.1, 0.15) is 11.6 Å². The van der Waals surface area contributed by atoms with Crippen LogP contribution in [0, 0.1) is 0 Å². The number of benzene rings is 3. The van der Waals surface area contributed by atoms with Crippen LogP contribution in [0.3, 0.4) is 0 Å². The van der Waals surface area contributed by atoms with Gasteiger partial charge in [0.15, 0.2) is 0 Å². The van der Waals surface area contributed by atoms with Crippen LogP contribution in [0.15, 0.2) is 72.8 Å². The van der Waals surface area contributed by atoms with E-state index in [-0.39, 0.29) is 0 Å². The molecule has 24 heavy (non-hydrogen) atoms. The van der Waals surface area contributed by atoms with E-state index >= 15 is 0 Å². The molecule has 4 heteroatoms. The largest absolute Gasteiger partial charge is 0.497 e. The molecule has 4 aromatic rings. The van der Waals surface area contributed by atoms with Crippen LogP contribution in [0.1, 0.15) is 0 Å². The van der Waals surface area contributed by atoms with Crippen molar-refractivity contribution in [2.45, 2.75) is 0 Å². The van der Waals surface area contributed by atoms with Crippen LogP contribution < -0.4 is 4.74 Å². The Morgan fingerprint density at radius 2 is 1.71 bits per heavy atom. The molecule has 0 bridgehead atoms. The quantitative estimate of drug-likeness (QED) is 0.504. The van der Waals surface area contributed by atoms with Gasteiger partial charge in [0.2, 0.25) is 0 Å². The number of ether oxygens (including phenoxy) is 1. The molecule has 0 saturated heterocycles. The van der Waals surface area contributed by atoms with Crippen molar-refractivity contribution in [2.75, 3.05) is 7.11 Å². The van der Waals surface area contributed by atoms with Crippen molar-refractivity contribution in [3.63, 3.8) is 0 Å². The summed E-state index contributed by atoms with van der Waals surface area (Å²) in [5, 5.41) is 0.700. The maximum absolute atomic E-state index is 6.20. The maximum Gasteiger partial charge on any atom is 0.145 e. The highest BCUT2D eigenvalue weighted by Crippen LogP contribution is 2.30. The van der Waals surface area contributed by atoms with Gasteiger partial charge in [-0.15, -0.1) is 0 Å². The van der Waals surface area contributed by atoms with Gasteiger partial charge in [-0.05, 0) is 54.6 Å². The number of rotatable bonds is 3. The number of nitrogens with zero attached hydrogens (tertiary/aromatic N) is 2. The molecule has 1 aromatic heterocycles. The van der Waals surface area contributed by atoms with E-state index in [1.54, 1.807) is 7.11 Å². The normalized spacial score (nSPS) is 10.9. The summed E-state index contributed by atoms with van der Waals surface area (Å²) in [6, 6.07) is 23.8. The fourth-order valence-electron chi connectivity index (χ4n) is 2.84. The fraction of sp³-hybridized carbons (Fsp3) is 0.0500. The summed E-state index contributed by atoms with van der Waals surface area (Å²) >= 11 is 6.20. The predicted octanol–water partition coefficient (Wildman–Crippen LogP) is 5.35. The van der Waals surface area contributed by atoms with Crippen LogP contribution in [-0.2, 0) is 0 Å². The second kappa shape index (κ2) is 6.02. The smallest absolute Gasteiger partial charge is 0.145 e. The minimum Gasteiger partial charge on any atom is -0.497 e. The van der Waals surface area contributed by atoms with Gasteiger partial charge < -0.3 is 4.74 Å². The van der Waals surface area contributed by atoms with Crippen molar-refractivity contribution >= 4 is 22.6 Å². The second-order valence-electron chi connectivity index (χ2n) is 5.47. The first kappa shape index (κ1) is 14.8. The molecule has 0 saturated carbocycles. The standard InChI is InChI=1S/C20H15ClN2O/c1-24-17-11-9-14(10-12-17)20-22-18-7-2-3-8-19(18)23(20)16-6-4-5-15(21)13-16/h2-13H,1H3. The first-order valence-electron chi connectivity index (χ1n) is 7.64. The summed E-state index contributed by atoms with van der Waals surface area (Å²) < 4.78 is 7.38. The van der Waals surface area contributed by atoms with Crippen molar-refractivity contribution < 1.29 is 4.74 Å². The van der Waals surface area contributed by atoms with Crippen LogP contribution >= 0.6 is 11.6 Å². The monoisotopic (exact) mass is 334 g/mol. The van der Waals surface area contributed by atoms with Gasteiger partial charge in [0, 0.05) is 16.3 Å². The summed E-state index contributed by atoms with van der Waals surface area (Å²) in [5.41, 5.74) is 4.00. The van der Waals surface area contributed by atoms with Crippen molar-refractivity contribution in [1.29, 1.82) is 0 Å². The number of hydrogen-bond donors (Lipinski definition) is 0. The number of para-hydroxylation sites is 2. The van der Waals surface area contributed by atoms with E-state index in [9.17, 15) is 0 Å². The van der Waals surface area contributed by atoms with E-state index in [1.165, 1.54) is 0 Å². The molecule has 1 heterocycles. The van der Waals surface area contributed by atoms with Crippen LogP contribution in [0.4, 0.5) is 0 Å². The molecular weight excluding hydrogens is 320 g/mol. The average Bonchev–Trinajstić information content (AvgIpc) is 3.01. The summed E-state index contributed by atoms with van der Waals surface area (Å²) in [7, 11) is 1.66. The third kappa shape index (κ3) is 2.53. The molecule has 3 aromatic carbocycles. The van der Waals surface area contributed by atoms with Crippen molar-refractivity contribution in [1.82, 2.24) is 9.55 Å². The van der Waals surface area contributed by atoms with Crippen molar-refractivity contribution in [3.8, 4) is 22.8 Å². The Labute approximate surface area is 145 Å². The lowest BCUT2D eigenvalue weighted by atomic mass is 10.2. The molecule has 0 radical (unpaired) electrons. The molecule has 0 atom stereocenters. The fourth-order valence-corrected chi connectivity index (χ4v) is 3.02. The summed E-state index contributed by atoms with van der Waals surface area (Å²) in [6.45, 7) is 0. The molecule has 0 aliphatic carbocycles. The molecule has 0 amide bonds. The third-order valence-electron chi connectivity index (χ3n) is 3.98. The highest BCUT2D eigenvalue weighted by Gasteiger charge is 2.14. The number of hydrogen-bond acceptors (Lipinski definition) is 2. The van der Waals surface area contributed by atoms with E-state index in [1.807, 2.05) is 66.7 Å². The van der Waals surface area contributed by atoms with Crippen LogP contribution in [0.25, 0.3) is 28.1 Å². The predicted molar refractivity (Wildman–Crippen MR) is 98.1 cm³/mol. The van der Waals surface area contributed by atoms with Gasteiger partial charge in [-0.2, -0.15) is 0 Å². The molecule has 0 unspecified atom stereocenters. The van der Waals surface area contributed by atoms with Crippen LogP contribution in [-0.4, -0.2) is 16.7 Å². The Bertz CT molecular complexity index is 1010. The van der Waals surface area contributed by atoms with Gasteiger partial charge in [0.25, 0.3) is 0 Å². The van der Waals surface area contributed by atoms with Gasteiger partial charge in [0.05, 0.1) is 18.1 Å². The van der Waals surface area contributed by atoms with Crippen molar-refractivity contribution in [3.05, 3.63) is 77.8 Å². The lowest BCUT2D eigenvalue weighted by Crippen LogP contribution is -1.97. The summed E-state index contributed by atoms with van der Waals surface area (Å²) in [5.74, 6) is 1.70. The van der Waals surface area contributed by atoms with Crippen molar-refractivity contribution in [2.24, 2.45) is 0 Å². The minimum absolute atomic E-state index is 0.700. The minimum atomic E-state index is 0.700. The molecule has 0 fully saturated rings. The maximum atomic E-state index is 6.20. The first-order chi connectivity index (χ1) is 11.8. The lowest BCUT2D eigenvalue weighted by Gasteiger charge is -2.10. The van der Waals surface area contributed by atoms with E-state index in [4.69, 9.17) is 21.3 Å². The zero-order valence-corrected chi connectivity index (χ0v) is 13.9. The van der Waals surface area contributed by atoms with E-state index in [0.29, 0.717) is 5.02 Å². The molecule has 0 aliphatic rings. The Balaban J connectivity index is 1.99. The Morgan fingerprint density at radius 3 is 2.46 bits per heavy atom. The third-order valence-corrected chi connectivity index (χ3v) is 4.21. The molecular formula is C20H15ClN2O. The zero-order valence-electron chi connectivity index (χ0n) is 13.1.